The second-order valence-electron chi connectivity index (χ2n) is 7.34. The third kappa shape index (κ3) is 3.40. The topological polar surface area (TPSA) is 83.6 Å². The Morgan fingerprint density at radius 2 is 1.72 bits per heavy atom. The van der Waals surface area contributed by atoms with Crippen LogP contribution in [-0.4, -0.2) is 35.0 Å². The summed E-state index contributed by atoms with van der Waals surface area (Å²) in [4.78, 5) is 26.0. The van der Waals surface area contributed by atoms with Crippen LogP contribution < -0.4 is 5.73 Å². The van der Waals surface area contributed by atoms with E-state index < -0.39 is 23.3 Å². The van der Waals surface area contributed by atoms with Gasteiger partial charge in [0.05, 0.1) is 5.41 Å². The van der Waals surface area contributed by atoms with E-state index in [1.54, 1.807) is 12.1 Å². The SMILES string of the molecule is NC(=O)C(c1ccc(F)cc1)N1CCC(C(=O)O)(C2CCCC2)CC1. The van der Waals surface area contributed by atoms with Crippen molar-refractivity contribution in [2.45, 2.75) is 44.6 Å². The van der Waals surface area contributed by atoms with Gasteiger partial charge in [-0.25, -0.2) is 4.39 Å². The van der Waals surface area contributed by atoms with Crippen LogP contribution >= 0.6 is 0 Å². The van der Waals surface area contributed by atoms with Crippen molar-refractivity contribution < 1.29 is 19.1 Å². The minimum atomic E-state index is -0.712. The summed E-state index contributed by atoms with van der Waals surface area (Å²) in [6, 6.07) is 5.13. The van der Waals surface area contributed by atoms with Gasteiger partial charge in [0.15, 0.2) is 0 Å². The number of rotatable bonds is 5. The maximum atomic E-state index is 13.2. The number of likely N-dealkylation sites (tertiary alicyclic amines) is 1. The minimum Gasteiger partial charge on any atom is -0.481 e. The number of halogens is 1. The van der Waals surface area contributed by atoms with Gasteiger partial charge in [-0.2, -0.15) is 0 Å². The molecule has 1 saturated heterocycles. The van der Waals surface area contributed by atoms with Crippen molar-refractivity contribution in [2.75, 3.05) is 13.1 Å². The van der Waals surface area contributed by atoms with E-state index in [2.05, 4.69) is 0 Å². The molecular weight excluding hydrogens is 323 g/mol. The summed E-state index contributed by atoms with van der Waals surface area (Å²) in [5.74, 6) is -1.34. The van der Waals surface area contributed by atoms with Crippen LogP contribution in [0.4, 0.5) is 4.39 Å². The van der Waals surface area contributed by atoms with Crippen molar-refractivity contribution in [3.05, 3.63) is 35.6 Å². The Balaban J connectivity index is 1.77. The first-order valence-electron chi connectivity index (χ1n) is 8.96. The molecule has 1 saturated carbocycles. The van der Waals surface area contributed by atoms with E-state index in [9.17, 15) is 19.1 Å². The number of nitrogens with zero attached hydrogens (tertiary/aromatic N) is 1. The Hall–Kier alpha value is -1.95. The number of hydrogen-bond acceptors (Lipinski definition) is 3. The largest absolute Gasteiger partial charge is 0.481 e. The smallest absolute Gasteiger partial charge is 0.310 e. The molecule has 0 spiro atoms. The first kappa shape index (κ1) is 17.9. The fourth-order valence-electron chi connectivity index (χ4n) is 4.66. The van der Waals surface area contributed by atoms with Crippen LogP contribution in [0.5, 0.6) is 0 Å². The highest BCUT2D eigenvalue weighted by molar-refractivity contribution is 5.81. The molecule has 1 aliphatic heterocycles. The molecule has 1 amide bonds. The van der Waals surface area contributed by atoms with Crippen LogP contribution in [0.25, 0.3) is 0 Å². The van der Waals surface area contributed by atoms with Crippen molar-refractivity contribution in [2.24, 2.45) is 17.1 Å². The van der Waals surface area contributed by atoms with Crippen molar-refractivity contribution >= 4 is 11.9 Å². The molecule has 1 atom stereocenters. The molecular formula is C19H25FN2O3. The molecule has 1 aliphatic carbocycles. The Labute approximate surface area is 147 Å². The standard InChI is InChI=1S/C19H25FN2O3/c20-15-7-5-13(6-8-15)16(17(21)23)22-11-9-19(10-12-22,18(24)25)14-3-1-2-4-14/h5-8,14,16H,1-4,9-12H2,(H2,21,23)(H,24,25). The van der Waals surface area contributed by atoms with E-state index >= 15 is 0 Å². The Kier molecular flexibility index (Phi) is 5.08. The van der Waals surface area contributed by atoms with Crippen molar-refractivity contribution in [1.82, 2.24) is 4.90 Å². The molecule has 5 nitrogen and oxygen atoms in total. The molecule has 3 rings (SSSR count). The highest BCUT2D eigenvalue weighted by atomic mass is 19.1. The number of primary amides is 1. The fraction of sp³-hybridized carbons (Fsp3) is 0.579. The van der Waals surface area contributed by atoms with E-state index in [1.165, 1.54) is 12.1 Å². The molecule has 1 aromatic carbocycles. The van der Waals surface area contributed by atoms with Gasteiger partial charge in [-0.1, -0.05) is 25.0 Å². The van der Waals surface area contributed by atoms with E-state index in [0.717, 1.165) is 25.7 Å². The maximum Gasteiger partial charge on any atom is 0.310 e. The van der Waals surface area contributed by atoms with E-state index in [4.69, 9.17) is 5.73 Å². The molecule has 25 heavy (non-hydrogen) atoms. The number of piperidine rings is 1. The normalized spacial score (nSPS) is 22.6. The quantitative estimate of drug-likeness (QED) is 0.857. The number of hydrogen-bond donors (Lipinski definition) is 2. The lowest BCUT2D eigenvalue weighted by Gasteiger charge is -2.44. The first-order chi connectivity index (χ1) is 11.9. The fourth-order valence-corrected chi connectivity index (χ4v) is 4.66. The van der Waals surface area contributed by atoms with Crippen LogP contribution in [0.15, 0.2) is 24.3 Å². The van der Waals surface area contributed by atoms with E-state index in [-0.39, 0.29) is 11.7 Å². The summed E-state index contributed by atoms with van der Waals surface area (Å²) < 4.78 is 13.2. The van der Waals surface area contributed by atoms with Crippen LogP contribution in [0, 0.1) is 17.2 Å². The zero-order valence-electron chi connectivity index (χ0n) is 14.3. The number of aliphatic carboxylic acids is 1. The Morgan fingerprint density at radius 3 is 2.20 bits per heavy atom. The van der Waals surface area contributed by atoms with Gasteiger partial charge in [0.25, 0.3) is 0 Å². The van der Waals surface area contributed by atoms with Crippen LogP contribution in [0.3, 0.4) is 0 Å². The molecule has 0 radical (unpaired) electrons. The zero-order valence-corrected chi connectivity index (χ0v) is 14.3. The van der Waals surface area contributed by atoms with Crippen molar-refractivity contribution in [3.8, 4) is 0 Å². The molecule has 6 heteroatoms. The number of nitrogens with two attached hydrogens (primary N) is 1. The Bertz CT molecular complexity index is 633. The third-order valence-electron chi connectivity index (χ3n) is 6.07. The van der Waals surface area contributed by atoms with Gasteiger partial charge < -0.3 is 10.8 Å². The van der Waals surface area contributed by atoms with Gasteiger partial charge in [0.1, 0.15) is 11.9 Å². The molecule has 1 heterocycles. The summed E-state index contributed by atoms with van der Waals surface area (Å²) in [6.45, 7) is 1.02. The number of carboxylic acids is 1. The van der Waals surface area contributed by atoms with Gasteiger partial charge in [0, 0.05) is 13.1 Å². The monoisotopic (exact) mass is 348 g/mol. The van der Waals surface area contributed by atoms with Gasteiger partial charge >= 0.3 is 5.97 Å². The third-order valence-corrected chi connectivity index (χ3v) is 6.07. The molecule has 1 aromatic rings. The predicted octanol–water partition coefficient (Wildman–Crippen LogP) is 2.71. The maximum absolute atomic E-state index is 13.2. The average Bonchev–Trinajstić information content (AvgIpc) is 3.12. The number of benzene rings is 1. The average molecular weight is 348 g/mol. The molecule has 0 bridgehead atoms. The van der Waals surface area contributed by atoms with Crippen molar-refractivity contribution in [1.29, 1.82) is 0 Å². The number of carbonyl (C=O) groups is 2. The molecule has 0 aromatic heterocycles. The lowest BCUT2D eigenvalue weighted by molar-refractivity contribution is -0.157. The van der Waals surface area contributed by atoms with Gasteiger partial charge in [-0.15, -0.1) is 0 Å². The minimum absolute atomic E-state index is 0.227. The van der Waals surface area contributed by atoms with Crippen LogP contribution in [0.2, 0.25) is 0 Å². The molecule has 2 aliphatic rings. The second kappa shape index (κ2) is 7.12. The van der Waals surface area contributed by atoms with E-state index in [1.807, 2.05) is 4.90 Å². The van der Waals surface area contributed by atoms with Gasteiger partial charge in [-0.3, -0.25) is 14.5 Å². The number of carbonyl (C=O) groups excluding carboxylic acids is 1. The van der Waals surface area contributed by atoms with E-state index in [0.29, 0.717) is 31.5 Å². The summed E-state index contributed by atoms with van der Waals surface area (Å²) in [7, 11) is 0. The van der Waals surface area contributed by atoms with Crippen LogP contribution in [0.1, 0.15) is 50.1 Å². The zero-order chi connectivity index (χ0) is 18.0. The molecule has 2 fully saturated rings. The lowest BCUT2D eigenvalue weighted by atomic mass is 9.67. The van der Waals surface area contributed by atoms with Crippen LogP contribution in [-0.2, 0) is 9.59 Å². The lowest BCUT2D eigenvalue weighted by Crippen LogP contribution is -2.50. The number of carboxylic acid groups (broad SMARTS) is 1. The molecule has 1 unspecified atom stereocenters. The predicted molar refractivity (Wildman–Crippen MR) is 91.2 cm³/mol. The second-order valence-corrected chi connectivity index (χ2v) is 7.34. The Morgan fingerprint density at radius 1 is 1.16 bits per heavy atom. The highest BCUT2D eigenvalue weighted by Gasteiger charge is 2.49. The summed E-state index contributed by atoms with van der Waals surface area (Å²) in [6.07, 6.45) is 5.20. The number of amides is 1. The van der Waals surface area contributed by atoms with Gasteiger partial charge in [-0.05, 0) is 49.3 Å². The molecule has 3 N–H and O–H groups in total. The summed E-state index contributed by atoms with van der Waals surface area (Å²) in [5.41, 5.74) is 5.56. The summed E-state index contributed by atoms with van der Waals surface area (Å²) >= 11 is 0. The van der Waals surface area contributed by atoms with Gasteiger partial charge in [0.2, 0.25) is 5.91 Å². The molecule has 136 valence electrons. The first-order valence-corrected chi connectivity index (χ1v) is 8.96. The highest BCUT2D eigenvalue weighted by Crippen LogP contribution is 2.47. The summed E-state index contributed by atoms with van der Waals surface area (Å²) in [5, 5.41) is 9.88. The van der Waals surface area contributed by atoms with Crippen molar-refractivity contribution in [3.63, 3.8) is 0 Å².